The van der Waals surface area contributed by atoms with Gasteiger partial charge in [0.2, 0.25) is 5.91 Å². The number of ether oxygens (including phenoxy) is 1. The molecule has 3 atom stereocenters. The smallest absolute Gasteiger partial charge is 0.234 e. The van der Waals surface area contributed by atoms with Crippen molar-refractivity contribution in [1.82, 2.24) is 5.32 Å². The Balaban J connectivity index is 2.20. The van der Waals surface area contributed by atoms with Crippen molar-refractivity contribution in [3.63, 3.8) is 0 Å². The molecule has 2 bridgehead atoms. The average Bonchev–Trinajstić information content (AvgIpc) is 2.63. The fraction of sp³-hybridized carbons (Fsp3) is 0.857. The number of Topliss-reactive ketones (excluding diaryl/α,β-unsaturated/α-hetero) is 1. The predicted molar refractivity (Wildman–Crippen MR) is 68.0 cm³/mol. The summed E-state index contributed by atoms with van der Waals surface area (Å²) in [5, 5.41) is 2.94. The van der Waals surface area contributed by atoms with E-state index < -0.39 is 5.41 Å². The van der Waals surface area contributed by atoms with E-state index in [4.69, 9.17) is 4.74 Å². The maximum absolute atomic E-state index is 12.5. The molecule has 0 aromatic rings. The van der Waals surface area contributed by atoms with E-state index >= 15 is 0 Å². The van der Waals surface area contributed by atoms with Crippen molar-refractivity contribution in [1.29, 1.82) is 0 Å². The number of ketones is 1. The van der Waals surface area contributed by atoms with Crippen molar-refractivity contribution in [2.24, 2.45) is 16.7 Å². The average molecular weight is 253 g/mol. The van der Waals surface area contributed by atoms with Gasteiger partial charge in [-0.1, -0.05) is 13.8 Å². The Morgan fingerprint density at radius 1 is 1.56 bits per heavy atom. The number of methoxy groups -OCH3 is 1. The Labute approximate surface area is 108 Å². The van der Waals surface area contributed by atoms with E-state index in [1.807, 2.05) is 6.92 Å². The lowest BCUT2D eigenvalue weighted by Crippen LogP contribution is -2.52. The first-order chi connectivity index (χ1) is 8.36. The topological polar surface area (TPSA) is 55.4 Å². The van der Waals surface area contributed by atoms with Gasteiger partial charge in [0.25, 0.3) is 0 Å². The van der Waals surface area contributed by atoms with Crippen molar-refractivity contribution in [3.8, 4) is 0 Å². The summed E-state index contributed by atoms with van der Waals surface area (Å²) < 4.78 is 5.02. The number of rotatable bonds is 4. The fourth-order valence-electron chi connectivity index (χ4n) is 3.85. The van der Waals surface area contributed by atoms with Gasteiger partial charge in [0, 0.05) is 19.6 Å². The molecule has 18 heavy (non-hydrogen) atoms. The number of amides is 1. The maximum Gasteiger partial charge on any atom is 0.234 e. The molecule has 4 heteroatoms. The molecular formula is C14H23NO3. The molecule has 2 fully saturated rings. The monoisotopic (exact) mass is 253 g/mol. The highest BCUT2D eigenvalue weighted by Crippen LogP contribution is 2.63. The summed E-state index contributed by atoms with van der Waals surface area (Å²) in [6, 6.07) is -0.0554. The number of carbonyl (C=O) groups excluding carboxylic acids is 2. The van der Waals surface area contributed by atoms with Crippen LogP contribution < -0.4 is 5.32 Å². The molecule has 0 aliphatic heterocycles. The number of hydrogen-bond donors (Lipinski definition) is 1. The molecule has 3 unspecified atom stereocenters. The molecule has 102 valence electrons. The Bertz CT molecular complexity index is 377. The zero-order valence-electron chi connectivity index (χ0n) is 11.7. The molecule has 1 N–H and O–H groups in total. The minimum absolute atomic E-state index is 0.0554. The van der Waals surface area contributed by atoms with Crippen molar-refractivity contribution in [2.75, 3.05) is 13.7 Å². The lowest BCUT2D eigenvalue weighted by Gasteiger charge is -2.35. The zero-order valence-corrected chi connectivity index (χ0v) is 11.7. The van der Waals surface area contributed by atoms with Crippen molar-refractivity contribution in [2.45, 2.75) is 46.1 Å². The third-order valence-corrected chi connectivity index (χ3v) is 5.08. The van der Waals surface area contributed by atoms with Gasteiger partial charge in [-0.25, -0.2) is 0 Å². The summed E-state index contributed by atoms with van der Waals surface area (Å²) in [6.07, 6.45) is 2.26. The summed E-state index contributed by atoms with van der Waals surface area (Å²) in [4.78, 5) is 24.8. The van der Waals surface area contributed by atoms with Crippen molar-refractivity contribution in [3.05, 3.63) is 0 Å². The van der Waals surface area contributed by atoms with Crippen LogP contribution in [0.25, 0.3) is 0 Å². The molecule has 0 aromatic carbocycles. The van der Waals surface area contributed by atoms with Gasteiger partial charge in [-0.3, -0.25) is 9.59 Å². The molecule has 0 heterocycles. The molecule has 0 saturated heterocycles. The molecule has 2 aliphatic carbocycles. The molecular weight excluding hydrogens is 230 g/mol. The van der Waals surface area contributed by atoms with E-state index in [0.29, 0.717) is 25.4 Å². The summed E-state index contributed by atoms with van der Waals surface area (Å²) >= 11 is 0. The van der Waals surface area contributed by atoms with E-state index in [0.717, 1.165) is 6.42 Å². The minimum Gasteiger partial charge on any atom is -0.383 e. The molecule has 4 nitrogen and oxygen atoms in total. The number of hydrogen-bond acceptors (Lipinski definition) is 3. The first-order valence-electron chi connectivity index (χ1n) is 6.69. The Morgan fingerprint density at radius 3 is 2.67 bits per heavy atom. The SMILES string of the molecule is COCC(C)NC(=O)C12CCC(CC1=O)C2(C)C. The van der Waals surface area contributed by atoms with Crippen LogP contribution in [0.1, 0.15) is 40.0 Å². The summed E-state index contributed by atoms with van der Waals surface area (Å²) in [7, 11) is 1.61. The third kappa shape index (κ3) is 1.62. The third-order valence-electron chi connectivity index (χ3n) is 5.08. The highest BCUT2D eigenvalue weighted by Gasteiger charge is 2.68. The molecule has 1 amide bonds. The molecule has 0 aromatic heterocycles. The summed E-state index contributed by atoms with van der Waals surface area (Å²) in [5.41, 5.74) is -0.999. The summed E-state index contributed by atoms with van der Waals surface area (Å²) in [5.74, 6) is 0.404. The number of nitrogens with one attached hydrogen (secondary N) is 1. The van der Waals surface area contributed by atoms with Gasteiger partial charge in [-0.05, 0) is 31.1 Å². The minimum atomic E-state index is -0.792. The van der Waals surface area contributed by atoms with E-state index in [1.54, 1.807) is 7.11 Å². The predicted octanol–water partition coefficient (Wildman–Crippen LogP) is 1.53. The van der Waals surface area contributed by atoms with Crippen LogP contribution in [-0.2, 0) is 14.3 Å². The molecule has 2 rings (SSSR count). The van der Waals surface area contributed by atoms with Gasteiger partial charge in [0.05, 0.1) is 6.61 Å². The van der Waals surface area contributed by atoms with Crippen LogP contribution in [0.2, 0.25) is 0 Å². The zero-order chi connectivity index (χ0) is 13.6. The second kappa shape index (κ2) is 4.34. The Morgan fingerprint density at radius 2 is 2.22 bits per heavy atom. The van der Waals surface area contributed by atoms with Gasteiger partial charge >= 0.3 is 0 Å². The first-order valence-corrected chi connectivity index (χ1v) is 6.69. The second-order valence-electron chi connectivity index (χ2n) is 6.32. The lowest BCUT2D eigenvalue weighted by atomic mass is 9.68. The van der Waals surface area contributed by atoms with Gasteiger partial charge in [-0.15, -0.1) is 0 Å². The standard InChI is InChI=1S/C14H23NO3/c1-9(8-18-4)15-12(17)14-6-5-10(7-11(14)16)13(14,2)3/h9-10H,5-8H2,1-4H3,(H,15,17). The van der Waals surface area contributed by atoms with Crippen molar-refractivity contribution >= 4 is 11.7 Å². The fourth-order valence-corrected chi connectivity index (χ4v) is 3.85. The molecule has 0 radical (unpaired) electrons. The quantitative estimate of drug-likeness (QED) is 0.773. The van der Waals surface area contributed by atoms with Crippen LogP contribution in [0.5, 0.6) is 0 Å². The van der Waals surface area contributed by atoms with E-state index in [-0.39, 0.29) is 23.1 Å². The van der Waals surface area contributed by atoms with E-state index in [9.17, 15) is 9.59 Å². The maximum atomic E-state index is 12.5. The number of fused-ring (bicyclic) bond motifs is 2. The van der Waals surface area contributed by atoms with Gasteiger partial charge < -0.3 is 10.1 Å². The molecule has 0 spiro atoms. The normalized spacial score (nSPS) is 34.7. The van der Waals surface area contributed by atoms with Crippen LogP contribution in [0, 0.1) is 16.7 Å². The van der Waals surface area contributed by atoms with Crippen LogP contribution in [0.3, 0.4) is 0 Å². The first kappa shape index (κ1) is 13.5. The second-order valence-corrected chi connectivity index (χ2v) is 6.32. The molecule has 2 saturated carbocycles. The largest absolute Gasteiger partial charge is 0.383 e. The number of carbonyl (C=O) groups is 2. The van der Waals surface area contributed by atoms with Crippen molar-refractivity contribution < 1.29 is 14.3 Å². The van der Waals surface area contributed by atoms with Crippen LogP contribution in [0.4, 0.5) is 0 Å². The van der Waals surface area contributed by atoms with E-state index in [1.165, 1.54) is 0 Å². The van der Waals surface area contributed by atoms with Gasteiger partial charge in [0.15, 0.2) is 0 Å². The highest BCUT2D eigenvalue weighted by molar-refractivity contribution is 6.09. The Kier molecular flexibility index (Phi) is 3.26. The van der Waals surface area contributed by atoms with E-state index in [2.05, 4.69) is 19.2 Å². The van der Waals surface area contributed by atoms with Crippen LogP contribution in [-0.4, -0.2) is 31.4 Å². The lowest BCUT2D eigenvalue weighted by molar-refractivity contribution is -0.145. The van der Waals surface area contributed by atoms with Gasteiger partial charge in [0.1, 0.15) is 11.2 Å². The van der Waals surface area contributed by atoms with Crippen LogP contribution in [0.15, 0.2) is 0 Å². The van der Waals surface area contributed by atoms with Gasteiger partial charge in [-0.2, -0.15) is 0 Å². The Hall–Kier alpha value is -0.900. The summed E-state index contributed by atoms with van der Waals surface area (Å²) in [6.45, 7) is 6.50. The van der Waals surface area contributed by atoms with Crippen LogP contribution >= 0.6 is 0 Å². The highest BCUT2D eigenvalue weighted by atomic mass is 16.5. The molecule has 2 aliphatic rings.